The van der Waals surface area contributed by atoms with Gasteiger partial charge in [0.25, 0.3) is 0 Å². The zero-order chi connectivity index (χ0) is 21.4. The minimum absolute atomic E-state index is 0.0543. The monoisotopic (exact) mass is 510 g/mol. The van der Waals surface area contributed by atoms with Gasteiger partial charge in [-0.2, -0.15) is 0 Å². The number of rotatable bonds is 5. The van der Waals surface area contributed by atoms with Gasteiger partial charge in [0, 0.05) is 27.3 Å². The zero-order valence-electron chi connectivity index (χ0n) is 16.9. The lowest BCUT2D eigenvalue weighted by Gasteiger charge is -2.30. The third kappa shape index (κ3) is 3.88. The summed E-state index contributed by atoms with van der Waals surface area (Å²) in [5, 5.41) is 6.91. The van der Waals surface area contributed by atoms with E-state index in [1.54, 1.807) is 22.7 Å². The summed E-state index contributed by atoms with van der Waals surface area (Å²) in [6.07, 6.45) is 2.99. The van der Waals surface area contributed by atoms with Crippen LogP contribution in [0.15, 0.2) is 21.4 Å². The van der Waals surface area contributed by atoms with Gasteiger partial charge in [0.15, 0.2) is 0 Å². The van der Waals surface area contributed by atoms with Crippen LogP contribution in [0.5, 0.6) is 0 Å². The molecule has 0 saturated carbocycles. The Labute approximate surface area is 191 Å². The number of ether oxygens (including phenoxy) is 1. The number of carbonyl (C=O) groups excluding carboxylic acids is 2. The van der Waals surface area contributed by atoms with Gasteiger partial charge in [-0.25, -0.2) is 9.78 Å². The lowest BCUT2D eigenvalue weighted by atomic mass is 10.0. The van der Waals surface area contributed by atoms with Gasteiger partial charge >= 0.3 is 6.09 Å². The summed E-state index contributed by atoms with van der Waals surface area (Å²) in [5.41, 5.74) is 2.09. The Bertz CT molecular complexity index is 1070. The van der Waals surface area contributed by atoms with E-state index in [-0.39, 0.29) is 17.9 Å². The number of likely N-dealkylation sites (tertiary alicyclic amines) is 1. The largest absolute Gasteiger partial charge is 0.453 e. The minimum atomic E-state index is -0.632. The smallest absolute Gasteiger partial charge is 0.407 e. The number of methoxy groups -OCH3 is 1. The highest BCUT2D eigenvalue weighted by Crippen LogP contribution is 2.42. The molecule has 3 aromatic heterocycles. The molecule has 0 aliphatic carbocycles. The first-order valence-electron chi connectivity index (χ1n) is 9.75. The lowest BCUT2D eigenvalue weighted by molar-refractivity contribution is -0.135. The van der Waals surface area contributed by atoms with Crippen LogP contribution in [0.25, 0.3) is 20.7 Å². The molecule has 0 bridgehead atoms. The van der Waals surface area contributed by atoms with E-state index in [0.717, 1.165) is 34.4 Å². The molecular formula is C20H23BrN4O3S2. The van der Waals surface area contributed by atoms with Crippen molar-refractivity contribution in [1.82, 2.24) is 20.2 Å². The number of hydrogen-bond donors (Lipinski definition) is 2. The number of H-pyrrole nitrogens is 1. The van der Waals surface area contributed by atoms with Crippen LogP contribution in [0.1, 0.15) is 38.6 Å². The second-order valence-corrected chi connectivity index (χ2v) is 10.2. The standard InChI is InChI=1S/C20H23BrN4O3S2/c1-10(2)15(24-20(27)28-3)19(26)25-6-4-5-14(25)18-22-7-13(23-18)11-8-29-17-12(21)9-30-16(11)17/h7-10,14-15H,4-6H2,1-3H3,(H,22,23)(H,24,27). The topological polar surface area (TPSA) is 87.3 Å². The minimum Gasteiger partial charge on any atom is -0.453 e. The molecule has 10 heteroatoms. The predicted molar refractivity (Wildman–Crippen MR) is 123 cm³/mol. The number of nitrogens with one attached hydrogen (secondary N) is 2. The van der Waals surface area contributed by atoms with E-state index in [2.05, 4.69) is 42.0 Å². The fraction of sp³-hybridized carbons (Fsp3) is 0.450. The van der Waals surface area contributed by atoms with Gasteiger partial charge in [-0.05, 0) is 34.7 Å². The highest BCUT2D eigenvalue weighted by atomic mass is 79.9. The Morgan fingerprint density at radius 3 is 2.83 bits per heavy atom. The summed E-state index contributed by atoms with van der Waals surface area (Å²) >= 11 is 7.00. The molecular weight excluding hydrogens is 488 g/mol. The van der Waals surface area contributed by atoms with Gasteiger partial charge in [-0.1, -0.05) is 13.8 Å². The van der Waals surface area contributed by atoms with E-state index in [0.29, 0.717) is 6.54 Å². The molecule has 30 heavy (non-hydrogen) atoms. The zero-order valence-corrected chi connectivity index (χ0v) is 20.1. The van der Waals surface area contributed by atoms with Crippen molar-refractivity contribution in [3.8, 4) is 11.3 Å². The van der Waals surface area contributed by atoms with Crippen LogP contribution in [-0.4, -0.2) is 46.6 Å². The lowest BCUT2D eigenvalue weighted by Crippen LogP contribution is -2.51. The molecule has 4 rings (SSSR count). The molecule has 2 unspecified atom stereocenters. The fourth-order valence-electron chi connectivity index (χ4n) is 3.81. The number of alkyl carbamates (subject to hydrolysis) is 1. The number of nitrogens with zero attached hydrogens (tertiary/aromatic N) is 2. The van der Waals surface area contributed by atoms with Crippen LogP contribution < -0.4 is 5.32 Å². The second-order valence-electron chi connectivity index (χ2n) is 7.62. The number of aromatic nitrogens is 2. The van der Waals surface area contributed by atoms with Crippen molar-refractivity contribution < 1.29 is 14.3 Å². The molecule has 1 fully saturated rings. The first-order valence-corrected chi connectivity index (χ1v) is 12.3. The van der Waals surface area contributed by atoms with E-state index in [9.17, 15) is 9.59 Å². The van der Waals surface area contributed by atoms with Gasteiger partial charge in [0.05, 0.1) is 34.4 Å². The van der Waals surface area contributed by atoms with Crippen molar-refractivity contribution >= 4 is 60.0 Å². The van der Waals surface area contributed by atoms with E-state index >= 15 is 0 Å². The summed E-state index contributed by atoms with van der Waals surface area (Å²) in [4.78, 5) is 34.9. The Hall–Kier alpha value is -1.91. The van der Waals surface area contributed by atoms with Gasteiger partial charge in [0.2, 0.25) is 5.91 Å². The molecule has 2 amide bonds. The first-order chi connectivity index (χ1) is 14.4. The molecule has 160 valence electrons. The first kappa shape index (κ1) is 21.3. The van der Waals surface area contributed by atoms with E-state index in [1.807, 2.05) is 24.9 Å². The normalized spacial score (nSPS) is 17.6. The third-order valence-electron chi connectivity index (χ3n) is 5.37. The molecule has 1 saturated heterocycles. The molecule has 2 N–H and O–H groups in total. The van der Waals surface area contributed by atoms with Crippen LogP contribution in [-0.2, 0) is 9.53 Å². The van der Waals surface area contributed by atoms with Crippen molar-refractivity contribution in [2.75, 3.05) is 13.7 Å². The van der Waals surface area contributed by atoms with Crippen molar-refractivity contribution in [1.29, 1.82) is 0 Å². The van der Waals surface area contributed by atoms with Crippen LogP contribution in [0.2, 0.25) is 0 Å². The SMILES string of the molecule is COC(=O)NC(C(=O)N1CCCC1c1ncc(-c2csc3c(Br)csc23)[nH]1)C(C)C. The van der Waals surface area contributed by atoms with Crippen LogP contribution in [0.3, 0.4) is 0 Å². The predicted octanol–water partition coefficient (Wildman–Crippen LogP) is 5.16. The summed E-state index contributed by atoms with van der Waals surface area (Å²) in [6, 6.07) is -0.761. The van der Waals surface area contributed by atoms with Crippen molar-refractivity contribution in [2.24, 2.45) is 5.92 Å². The van der Waals surface area contributed by atoms with Crippen LogP contribution >= 0.6 is 38.6 Å². The average Bonchev–Trinajstić information content (AvgIpc) is 3.49. The molecule has 7 nitrogen and oxygen atoms in total. The maximum absolute atomic E-state index is 13.2. The number of halogens is 1. The number of imidazole rings is 1. The van der Waals surface area contributed by atoms with Crippen molar-refractivity contribution in [3.05, 3.63) is 27.3 Å². The molecule has 0 spiro atoms. The fourth-order valence-corrected chi connectivity index (χ4v) is 6.86. The van der Waals surface area contributed by atoms with E-state index < -0.39 is 12.1 Å². The molecule has 4 heterocycles. The average molecular weight is 511 g/mol. The van der Waals surface area contributed by atoms with Crippen molar-refractivity contribution in [2.45, 2.75) is 38.8 Å². The van der Waals surface area contributed by atoms with Crippen LogP contribution in [0, 0.1) is 5.92 Å². The second kappa shape index (κ2) is 8.68. The van der Waals surface area contributed by atoms with Gasteiger partial charge < -0.3 is 19.9 Å². The Morgan fingerprint density at radius 1 is 1.33 bits per heavy atom. The summed E-state index contributed by atoms with van der Waals surface area (Å²) < 4.78 is 8.27. The number of fused-ring (bicyclic) bond motifs is 1. The number of hydrogen-bond acceptors (Lipinski definition) is 6. The Kier molecular flexibility index (Phi) is 6.17. The molecule has 1 aliphatic rings. The highest BCUT2D eigenvalue weighted by molar-refractivity contribution is 9.10. The number of thiophene rings is 2. The molecule has 1 aliphatic heterocycles. The van der Waals surface area contributed by atoms with E-state index in [1.165, 1.54) is 16.5 Å². The Balaban J connectivity index is 1.58. The summed E-state index contributed by atoms with van der Waals surface area (Å²) in [7, 11) is 1.30. The van der Waals surface area contributed by atoms with E-state index in [4.69, 9.17) is 4.74 Å². The molecule has 0 radical (unpaired) electrons. The van der Waals surface area contributed by atoms with Crippen molar-refractivity contribution in [3.63, 3.8) is 0 Å². The van der Waals surface area contributed by atoms with Gasteiger partial charge in [-0.3, -0.25) is 4.79 Å². The summed E-state index contributed by atoms with van der Waals surface area (Å²) in [5.74, 6) is 0.628. The molecule has 3 aromatic rings. The number of carbonyl (C=O) groups is 2. The maximum Gasteiger partial charge on any atom is 0.407 e. The quantitative estimate of drug-likeness (QED) is 0.496. The Morgan fingerprint density at radius 2 is 2.10 bits per heavy atom. The number of amides is 2. The molecule has 2 atom stereocenters. The van der Waals surface area contributed by atoms with Gasteiger partial charge in [0.1, 0.15) is 11.9 Å². The number of aromatic amines is 1. The van der Waals surface area contributed by atoms with Gasteiger partial charge in [-0.15, -0.1) is 22.7 Å². The maximum atomic E-state index is 13.2. The summed E-state index contributed by atoms with van der Waals surface area (Å²) in [6.45, 7) is 4.47. The van der Waals surface area contributed by atoms with Crippen LogP contribution in [0.4, 0.5) is 4.79 Å². The molecule has 0 aromatic carbocycles. The highest BCUT2D eigenvalue weighted by Gasteiger charge is 2.37. The third-order valence-corrected chi connectivity index (χ3v) is 8.72.